The van der Waals surface area contributed by atoms with Gasteiger partial charge in [0.2, 0.25) is 0 Å². The van der Waals surface area contributed by atoms with Gasteiger partial charge in [0.15, 0.2) is 0 Å². The van der Waals surface area contributed by atoms with Crippen molar-refractivity contribution in [1.82, 2.24) is 10.2 Å². The van der Waals surface area contributed by atoms with Crippen LogP contribution in [-0.2, 0) is 0 Å². The summed E-state index contributed by atoms with van der Waals surface area (Å²) in [5, 5.41) is 2.63. The van der Waals surface area contributed by atoms with Crippen LogP contribution in [0.5, 0.6) is 0 Å². The fourth-order valence-corrected chi connectivity index (χ4v) is 0.652. The second-order valence-corrected chi connectivity index (χ2v) is 2.20. The van der Waals surface area contributed by atoms with Crippen molar-refractivity contribution in [2.24, 2.45) is 0 Å². The summed E-state index contributed by atoms with van der Waals surface area (Å²) in [7, 11) is 0. The highest BCUT2D eigenvalue weighted by atomic mass is 16.2. The van der Waals surface area contributed by atoms with E-state index in [1.165, 1.54) is 0 Å². The minimum Gasteiger partial charge on any atom is -0.320 e. The molecule has 0 radical (unpaired) electrons. The number of carbonyl (C=O) groups excluding carboxylic acids is 1. The van der Waals surface area contributed by atoms with E-state index in [1.54, 1.807) is 4.90 Å². The van der Waals surface area contributed by atoms with E-state index in [9.17, 15) is 4.79 Å². The summed E-state index contributed by atoms with van der Waals surface area (Å²) in [5.74, 6) is 0. The van der Waals surface area contributed by atoms with Crippen molar-refractivity contribution < 1.29 is 4.79 Å². The molecule has 0 unspecified atom stereocenters. The summed E-state index contributed by atoms with van der Waals surface area (Å²) in [6.45, 7) is 4.72. The van der Waals surface area contributed by atoms with E-state index in [0.717, 1.165) is 6.67 Å². The van der Waals surface area contributed by atoms with Crippen LogP contribution < -0.4 is 5.32 Å². The largest absolute Gasteiger partial charge is 0.320 e. The molecule has 0 aromatic heterocycles. The number of urea groups is 1. The van der Waals surface area contributed by atoms with Crippen molar-refractivity contribution >= 4 is 6.03 Å². The van der Waals surface area contributed by atoms with E-state index >= 15 is 0 Å². The molecule has 0 aromatic rings. The summed E-state index contributed by atoms with van der Waals surface area (Å²) in [6, 6.07) is 0.406. The van der Waals surface area contributed by atoms with E-state index < -0.39 is 0 Å². The summed E-state index contributed by atoms with van der Waals surface area (Å²) in [4.78, 5) is 12.3. The van der Waals surface area contributed by atoms with Gasteiger partial charge >= 0.3 is 6.03 Å². The van der Waals surface area contributed by atoms with E-state index in [4.69, 9.17) is 0 Å². The van der Waals surface area contributed by atoms with Crippen molar-refractivity contribution in [3.63, 3.8) is 0 Å². The predicted molar refractivity (Wildman–Crippen MR) is 30.4 cm³/mol. The molecule has 2 amide bonds. The highest BCUT2D eigenvalue weighted by Crippen LogP contribution is 2.02. The average molecular weight is 114 g/mol. The molecule has 0 bridgehead atoms. The quantitative estimate of drug-likeness (QED) is 0.525. The first-order valence-corrected chi connectivity index (χ1v) is 2.76. The Kier molecular flexibility index (Phi) is 1.12. The van der Waals surface area contributed by atoms with E-state index in [1.807, 2.05) is 13.8 Å². The lowest BCUT2D eigenvalue weighted by Gasteiger charge is -2.35. The predicted octanol–water partition coefficient (Wildman–Crippen LogP) is 0.378. The number of hydrogen-bond donors (Lipinski definition) is 1. The van der Waals surface area contributed by atoms with E-state index in [0.29, 0.717) is 6.04 Å². The molecule has 1 heterocycles. The number of carbonyl (C=O) groups is 1. The molecule has 0 aromatic carbocycles. The molecule has 3 nitrogen and oxygen atoms in total. The molecule has 3 heteroatoms. The van der Waals surface area contributed by atoms with Crippen LogP contribution in [0.15, 0.2) is 0 Å². The first-order valence-electron chi connectivity index (χ1n) is 2.76. The standard InChI is InChI=1S/C5H10N2O/c1-4(2)7-3-6-5(7)8/h4H,3H2,1-2H3,(H,6,8). The molecule has 1 N–H and O–H groups in total. The number of nitrogens with one attached hydrogen (secondary N) is 1. The molecule has 1 fully saturated rings. The van der Waals surface area contributed by atoms with Gasteiger partial charge in [0.05, 0.1) is 6.67 Å². The Morgan fingerprint density at radius 2 is 2.38 bits per heavy atom. The van der Waals surface area contributed by atoms with Gasteiger partial charge in [-0.2, -0.15) is 0 Å². The maximum Gasteiger partial charge on any atom is 0.320 e. The zero-order chi connectivity index (χ0) is 6.15. The third-order valence-electron chi connectivity index (χ3n) is 1.28. The zero-order valence-corrected chi connectivity index (χ0v) is 5.14. The highest BCUT2D eigenvalue weighted by Gasteiger charge is 2.24. The fourth-order valence-electron chi connectivity index (χ4n) is 0.652. The smallest absolute Gasteiger partial charge is 0.320 e. The molecule has 0 atom stereocenters. The molecular weight excluding hydrogens is 104 g/mol. The van der Waals surface area contributed by atoms with Crippen LogP contribution in [0.2, 0.25) is 0 Å². The van der Waals surface area contributed by atoms with Crippen LogP contribution in [0.1, 0.15) is 13.8 Å². The normalized spacial score (nSPS) is 18.4. The molecule has 1 rings (SSSR count). The molecular formula is C5H10N2O. The third-order valence-corrected chi connectivity index (χ3v) is 1.28. The van der Waals surface area contributed by atoms with Crippen LogP contribution in [-0.4, -0.2) is 23.6 Å². The Balaban J connectivity index is 2.37. The van der Waals surface area contributed by atoms with Gasteiger partial charge in [-0.05, 0) is 13.8 Å². The van der Waals surface area contributed by atoms with Crippen LogP contribution in [0.3, 0.4) is 0 Å². The molecule has 1 aliphatic heterocycles. The molecule has 0 aliphatic carbocycles. The summed E-state index contributed by atoms with van der Waals surface area (Å²) in [5.41, 5.74) is 0. The van der Waals surface area contributed by atoms with Crippen molar-refractivity contribution in [3.8, 4) is 0 Å². The molecule has 0 saturated carbocycles. The van der Waals surface area contributed by atoms with E-state index in [-0.39, 0.29) is 6.03 Å². The van der Waals surface area contributed by atoms with Gasteiger partial charge in [0.25, 0.3) is 0 Å². The maximum absolute atomic E-state index is 10.5. The first kappa shape index (κ1) is 5.41. The van der Waals surface area contributed by atoms with Gasteiger partial charge in [-0.15, -0.1) is 0 Å². The van der Waals surface area contributed by atoms with Gasteiger partial charge in [-0.3, -0.25) is 0 Å². The maximum atomic E-state index is 10.5. The van der Waals surface area contributed by atoms with Gasteiger partial charge in [-0.1, -0.05) is 0 Å². The minimum atomic E-state index is 0.0556. The average Bonchev–Trinajstić information content (AvgIpc) is 1.61. The SMILES string of the molecule is CC(C)N1CNC1=O. The van der Waals surface area contributed by atoms with Crippen molar-refractivity contribution in [3.05, 3.63) is 0 Å². The van der Waals surface area contributed by atoms with Crippen molar-refractivity contribution in [2.75, 3.05) is 6.67 Å². The van der Waals surface area contributed by atoms with Gasteiger partial charge in [0, 0.05) is 6.04 Å². The Hall–Kier alpha value is -0.730. The Morgan fingerprint density at radius 1 is 1.75 bits per heavy atom. The van der Waals surface area contributed by atoms with Crippen LogP contribution in [0.4, 0.5) is 4.79 Å². The number of amides is 2. The van der Waals surface area contributed by atoms with Gasteiger partial charge in [-0.25, -0.2) is 4.79 Å². The lowest BCUT2D eigenvalue weighted by Crippen LogP contribution is -2.59. The van der Waals surface area contributed by atoms with Crippen LogP contribution >= 0.6 is 0 Å². The number of hydrogen-bond acceptors (Lipinski definition) is 1. The van der Waals surface area contributed by atoms with Crippen LogP contribution in [0.25, 0.3) is 0 Å². The summed E-state index contributed by atoms with van der Waals surface area (Å²) >= 11 is 0. The Bertz CT molecular complexity index is 111. The van der Waals surface area contributed by atoms with Gasteiger partial charge < -0.3 is 10.2 Å². The topological polar surface area (TPSA) is 32.3 Å². The molecule has 0 spiro atoms. The number of nitrogens with zero attached hydrogens (tertiary/aromatic N) is 1. The molecule has 1 aliphatic rings. The molecule has 46 valence electrons. The number of rotatable bonds is 1. The fraction of sp³-hybridized carbons (Fsp3) is 0.800. The van der Waals surface area contributed by atoms with Crippen molar-refractivity contribution in [2.45, 2.75) is 19.9 Å². The third kappa shape index (κ3) is 0.638. The van der Waals surface area contributed by atoms with E-state index in [2.05, 4.69) is 5.32 Å². The Labute approximate surface area is 48.7 Å². The molecule has 1 saturated heterocycles. The van der Waals surface area contributed by atoms with Gasteiger partial charge in [0.1, 0.15) is 0 Å². The lowest BCUT2D eigenvalue weighted by molar-refractivity contribution is 0.137. The Morgan fingerprint density at radius 3 is 2.38 bits per heavy atom. The lowest BCUT2D eigenvalue weighted by atomic mass is 10.3. The monoisotopic (exact) mass is 114 g/mol. The second kappa shape index (κ2) is 1.65. The van der Waals surface area contributed by atoms with Crippen LogP contribution in [0, 0.1) is 0 Å². The zero-order valence-electron chi connectivity index (χ0n) is 5.14. The summed E-state index contributed by atoms with van der Waals surface area (Å²) in [6.07, 6.45) is 0. The first-order chi connectivity index (χ1) is 3.72. The summed E-state index contributed by atoms with van der Waals surface area (Å²) < 4.78 is 0. The highest BCUT2D eigenvalue weighted by molar-refractivity contribution is 5.79. The molecule has 8 heavy (non-hydrogen) atoms. The van der Waals surface area contributed by atoms with Crippen molar-refractivity contribution in [1.29, 1.82) is 0 Å². The second-order valence-electron chi connectivity index (χ2n) is 2.20. The minimum absolute atomic E-state index is 0.0556.